The van der Waals surface area contributed by atoms with E-state index in [-0.39, 0.29) is 0 Å². The Bertz CT molecular complexity index is 110. The third-order valence-electron chi connectivity index (χ3n) is 0.841. The second-order valence-electron chi connectivity index (χ2n) is 1.68. The number of rotatable bonds is 2. The lowest BCUT2D eigenvalue weighted by Gasteiger charge is -2.17. The summed E-state index contributed by atoms with van der Waals surface area (Å²) in [6, 6.07) is -1.43. The molecular formula is C3H5F5OSi. The van der Waals surface area contributed by atoms with Gasteiger partial charge >= 0.3 is 12.1 Å². The van der Waals surface area contributed by atoms with Gasteiger partial charge in [-0.1, -0.05) is 0 Å². The van der Waals surface area contributed by atoms with Crippen molar-refractivity contribution in [3.63, 3.8) is 0 Å². The molecule has 0 spiro atoms. The summed E-state index contributed by atoms with van der Waals surface area (Å²) >= 11 is 0. The standard InChI is InChI=1S/C3H5F5OSi/c4-2(5,1-10-9)3(6,7)8/h9H,1,10H2. The van der Waals surface area contributed by atoms with E-state index in [4.69, 9.17) is 4.80 Å². The molecule has 0 atom stereocenters. The zero-order valence-corrected chi connectivity index (χ0v) is 6.17. The Morgan fingerprint density at radius 2 is 1.50 bits per heavy atom. The van der Waals surface area contributed by atoms with Gasteiger partial charge in [-0.3, -0.25) is 0 Å². The fraction of sp³-hybridized carbons (Fsp3) is 1.00. The quantitative estimate of drug-likeness (QED) is 0.489. The molecule has 0 aromatic carbocycles. The normalized spacial score (nSPS) is 15.0. The molecule has 0 saturated carbocycles. The second kappa shape index (κ2) is 2.83. The average molecular weight is 180 g/mol. The topological polar surface area (TPSA) is 20.2 Å². The SMILES string of the molecule is O[SiH2]CC(F)(F)C(F)(F)F. The molecule has 0 aromatic rings. The van der Waals surface area contributed by atoms with Crippen molar-refractivity contribution in [3.05, 3.63) is 0 Å². The van der Waals surface area contributed by atoms with Crippen LogP contribution in [0.15, 0.2) is 0 Å². The van der Waals surface area contributed by atoms with Crippen LogP contribution in [-0.2, 0) is 0 Å². The van der Waals surface area contributed by atoms with Crippen LogP contribution in [0.1, 0.15) is 0 Å². The van der Waals surface area contributed by atoms with Gasteiger partial charge in [-0.25, -0.2) is 0 Å². The van der Waals surface area contributed by atoms with Gasteiger partial charge in [0.2, 0.25) is 0 Å². The van der Waals surface area contributed by atoms with E-state index in [1.807, 2.05) is 0 Å². The van der Waals surface area contributed by atoms with Gasteiger partial charge in [0.1, 0.15) is 0 Å². The van der Waals surface area contributed by atoms with E-state index < -0.39 is 27.9 Å². The lowest BCUT2D eigenvalue weighted by molar-refractivity contribution is -0.273. The molecule has 0 heterocycles. The highest BCUT2D eigenvalue weighted by Crippen LogP contribution is 2.37. The minimum Gasteiger partial charge on any atom is -0.438 e. The first kappa shape index (κ1) is 9.83. The van der Waals surface area contributed by atoms with E-state index in [9.17, 15) is 22.0 Å². The molecular weight excluding hydrogens is 175 g/mol. The summed E-state index contributed by atoms with van der Waals surface area (Å²) in [6.07, 6.45) is -5.51. The molecule has 0 radical (unpaired) electrons. The Morgan fingerprint density at radius 1 is 1.10 bits per heavy atom. The number of hydrogen-bond acceptors (Lipinski definition) is 1. The largest absolute Gasteiger partial charge is 0.452 e. The van der Waals surface area contributed by atoms with E-state index in [1.54, 1.807) is 0 Å². The van der Waals surface area contributed by atoms with Crippen LogP contribution in [-0.4, -0.2) is 26.7 Å². The molecule has 0 amide bonds. The van der Waals surface area contributed by atoms with Crippen LogP contribution >= 0.6 is 0 Å². The van der Waals surface area contributed by atoms with Crippen molar-refractivity contribution in [2.45, 2.75) is 18.1 Å². The molecule has 0 bridgehead atoms. The van der Waals surface area contributed by atoms with Gasteiger partial charge in [0.05, 0.1) is 0 Å². The van der Waals surface area contributed by atoms with Gasteiger partial charge in [0.25, 0.3) is 0 Å². The van der Waals surface area contributed by atoms with Crippen molar-refractivity contribution in [1.82, 2.24) is 0 Å². The third-order valence-corrected chi connectivity index (χ3v) is 1.69. The molecule has 1 N–H and O–H groups in total. The van der Waals surface area contributed by atoms with Crippen molar-refractivity contribution in [2.75, 3.05) is 0 Å². The molecule has 0 aromatic heterocycles. The Labute approximate surface area is 55.8 Å². The van der Waals surface area contributed by atoms with E-state index in [2.05, 4.69) is 0 Å². The highest BCUT2D eigenvalue weighted by Gasteiger charge is 2.56. The summed E-state index contributed by atoms with van der Waals surface area (Å²) in [5, 5.41) is 0. The number of alkyl halides is 5. The fourth-order valence-corrected chi connectivity index (χ4v) is 0.846. The first-order valence-corrected chi connectivity index (χ1v) is 4.00. The monoisotopic (exact) mass is 180 g/mol. The van der Waals surface area contributed by atoms with Crippen LogP contribution in [0.4, 0.5) is 22.0 Å². The summed E-state index contributed by atoms with van der Waals surface area (Å²) < 4.78 is 56.9. The first-order valence-electron chi connectivity index (χ1n) is 2.36. The Hall–Kier alpha value is -0.173. The van der Waals surface area contributed by atoms with Gasteiger partial charge in [-0.2, -0.15) is 22.0 Å². The van der Waals surface area contributed by atoms with Gasteiger partial charge in [0, 0.05) is 6.04 Å². The zero-order valence-electron chi connectivity index (χ0n) is 4.75. The fourth-order valence-electron chi connectivity index (χ4n) is 0.282. The van der Waals surface area contributed by atoms with E-state index >= 15 is 0 Å². The molecule has 62 valence electrons. The van der Waals surface area contributed by atoms with E-state index in [0.717, 1.165) is 0 Å². The van der Waals surface area contributed by atoms with Crippen LogP contribution in [0.25, 0.3) is 0 Å². The van der Waals surface area contributed by atoms with Crippen molar-refractivity contribution in [1.29, 1.82) is 0 Å². The maximum Gasteiger partial charge on any atom is 0.452 e. The van der Waals surface area contributed by atoms with Crippen LogP contribution in [0.5, 0.6) is 0 Å². The highest BCUT2D eigenvalue weighted by atomic mass is 28.2. The molecule has 10 heavy (non-hydrogen) atoms. The van der Waals surface area contributed by atoms with Gasteiger partial charge < -0.3 is 4.80 Å². The van der Waals surface area contributed by atoms with Crippen molar-refractivity contribution >= 4 is 9.76 Å². The zero-order chi connectivity index (χ0) is 8.41. The molecule has 0 unspecified atom stereocenters. The molecule has 0 fully saturated rings. The predicted molar refractivity (Wildman–Crippen MR) is 26.6 cm³/mol. The van der Waals surface area contributed by atoms with Gasteiger partial charge in [-0.05, 0) is 0 Å². The Kier molecular flexibility index (Phi) is 2.78. The van der Waals surface area contributed by atoms with Crippen molar-refractivity contribution in [2.24, 2.45) is 0 Å². The maximum atomic E-state index is 11.7. The van der Waals surface area contributed by atoms with Crippen LogP contribution < -0.4 is 0 Å². The molecule has 0 aliphatic carbocycles. The second-order valence-corrected chi connectivity index (χ2v) is 2.62. The summed E-state index contributed by atoms with van der Waals surface area (Å²) in [5.74, 6) is -4.70. The maximum absolute atomic E-state index is 11.7. The van der Waals surface area contributed by atoms with E-state index in [0.29, 0.717) is 0 Å². The summed E-state index contributed by atoms with van der Waals surface area (Å²) in [6.45, 7) is 0. The smallest absolute Gasteiger partial charge is 0.438 e. The molecule has 1 nitrogen and oxygen atoms in total. The van der Waals surface area contributed by atoms with Crippen LogP contribution in [0.3, 0.4) is 0 Å². The molecule has 0 saturated heterocycles. The van der Waals surface area contributed by atoms with Crippen LogP contribution in [0.2, 0.25) is 6.04 Å². The minimum atomic E-state index is -5.51. The lowest BCUT2D eigenvalue weighted by Crippen LogP contribution is -2.37. The highest BCUT2D eigenvalue weighted by molar-refractivity contribution is 6.25. The van der Waals surface area contributed by atoms with Gasteiger partial charge in [-0.15, -0.1) is 0 Å². The predicted octanol–water partition coefficient (Wildman–Crippen LogP) is 0.678. The van der Waals surface area contributed by atoms with Gasteiger partial charge in [0.15, 0.2) is 9.76 Å². The Morgan fingerprint density at radius 3 is 1.60 bits per heavy atom. The molecule has 0 aliphatic rings. The molecule has 0 aliphatic heterocycles. The first-order chi connectivity index (χ1) is 4.31. The molecule has 0 rings (SSSR count). The summed E-state index contributed by atoms with van der Waals surface area (Å²) in [7, 11) is -2.24. The summed E-state index contributed by atoms with van der Waals surface area (Å²) in [4.78, 5) is 7.92. The average Bonchev–Trinajstić information content (AvgIpc) is 1.61. The lowest BCUT2D eigenvalue weighted by atomic mass is 10.4. The van der Waals surface area contributed by atoms with E-state index in [1.165, 1.54) is 0 Å². The number of hydrogen-bond donors (Lipinski definition) is 1. The minimum absolute atomic E-state index is 1.43. The third kappa shape index (κ3) is 2.22. The Balaban J connectivity index is 4.10. The van der Waals surface area contributed by atoms with Crippen molar-refractivity contribution in [3.8, 4) is 0 Å². The molecule has 7 heteroatoms. The summed E-state index contributed by atoms with van der Waals surface area (Å²) in [5.41, 5.74) is 0. The van der Waals surface area contributed by atoms with Crippen LogP contribution in [0, 0.1) is 0 Å². The van der Waals surface area contributed by atoms with Crippen molar-refractivity contribution < 1.29 is 26.7 Å². The number of halogens is 5.